The summed E-state index contributed by atoms with van der Waals surface area (Å²) in [5, 5.41) is 0. The Hall–Kier alpha value is -1.65. The van der Waals surface area contributed by atoms with Crippen LogP contribution in [0.4, 0.5) is 0 Å². The van der Waals surface area contributed by atoms with E-state index in [1.165, 1.54) is 38.4 Å². The fraction of sp³-hybridized carbons (Fsp3) is 0.500. The number of hydrogen-bond donors (Lipinski definition) is 0. The maximum atomic E-state index is 12.8. The molecule has 162 valence electrons. The molecule has 0 aromatic heterocycles. The molecule has 2 aromatic rings. The molecule has 0 heterocycles. The van der Waals surface area contributed by atoms with Crippen molar-refractivity contribution in [3.8, 4) is 0 Å². The maximum Gasteiger partial charge on any atom is 0.315 e. The highest BCUT2D eigenvalue weighted by atomic mass is 79.9. The lowest BCUT2D eigenvalue weighted by Gasteiger charge is -2.34. The minimum absolute atomic E-state index is 0.158. The molecule has 3 nitrogen and oxygen atoms in total. The number of carbonyl (C=O) groups excluding carboxylic acids is 1. The first-order chi connectivity index (χ1) is 14.5. The third kappa shape index (κ3) is 5.73. The van der Waals surface area contributed by atoms with Crippen LogP contribution < -0.4 is 0 Å². The van der Waals surface area contributed by atoms with Gasteiger partial charge in [-0.1, -0.05) is 71.2 Å². The van der Waals surface area contributed by atoms with Crippen molar-refractivity contribution < 1.29 is 14.3 Å². The van der Waals surface area contributed by atoms with Gasteiger partial charge in [0.2, 0.25) is 0 Å². The van der Waals surface area contributed by atoms with Crippen molar-refractivity contribution in [3.05, 3.63) is 70.2 Å². The quantitative estimate of drug-likeness (QED) is 0.280. The van der Waals surface area contributed by atoms with Crippen LogP contribution in [0, 0.1) is 5.41 Å². The SMILES string of the molecule is COC(=O)C(C)(CCC1(CCOCc2ccccc2)CCCC1)c1cccc(Br)c1. The Morgan fingerprint density at radius 1 is 1.07 bits per heavy atom. The van der Waals surface area contributed by atoms with Crippen molar-refractivity contribution in [1.82, 2.24) is 0 Å². The summed E-state index contributed by atoms with van der Waals surface area (Å²) in [6.07, 6.45) is 7.83. The molecule has 0 amide bonds. The van der Waals surface area contributed by atoms with Crippen LogP contribution >= 0.6 is 15.9 Å². The zero-order valence-electron chi connectivity index (χ0n) is 18.2. The average molecular weight is 473 g/mol. The first-order valence-corrected chi connectivity index (χ1v) is 11.7. The number of ether oxygens (including phenoxy) is 2. The Morgan fingerprint density at radius 2 is 1.80 bits per heavy atom. The molecule has 1 unspecified atom stereocenters. The molecule has 0 radical (unpaired) electrons. The molecule has 0 bridgehead atoms. The van der Waals surface area contributed by atoms with Gasteiger partial charge in [-0.15, -0.1) is 0 Å². The van der Waals surface area contributed by atoms with E-state index in [0.29, 0.717) is 6.61 Å². The third-order valence-electron chi connectivity index (χ3n) is 6.81. The van der Waals surface area contributed by atoms with Crippen LogP contribution in [0.1, 0.15) is 63.0 Å². The Labute approximate surface area is 189 Å². The summed E-state index contributed by atoms with van der Waals surface area (Å²) in [7, 11) is 1.49. The molecule has 1 atom stereocenters. The summed E-state index contributed by atoms with van der Waals surface area (Å²) in [6, 6.07) is 18.4. The van der Waals surface area contributed by atoms with E-state index in [9.17, 15) is 4.79 Å². The van der Waals surface area contributed by atoms with Crippen LogP contribution in [0.3, 0.4) is 0 Å². The van der Waals surface area contributed by atoms with Gasteiger partial charge in [0, 0.05) is 11.1 Å². The van der Waals surface area contributed by atoms with Crippen LogP contribution in [0.2, 0.25) is 0 Å². The van der Waals surface area contributed by atoms with Gasteiger partial charge in [-0.25, -0.2) is 0 Å². The van der Waals surface area contributed by atoms with Crippen LogP contribution in [0.15, 0.2) is 59.1 Å². The molecule has 0 saturated heterocycles. The maximum absolute atomic E-state index is 12.8. The third-order valence-corrected chi connectivity index (χ3v) is 7.30. The zero-order chi connectivity index (χ0) is 21.5. The fourth-order valence-electron chi connectivity index (χ4n) is 4.74. The van der Waals surface area contributed by atoms with Gasteiger partial charge in [0.05, 0.1) is 19.1 Å². The molecule has 1 saturated carbocycles. The van der Waals surface area contributed by atoms with Crippen LogP contribution in [0.25, 0.3) is 0 Å². The Morgan fingerprint density at radius 3 is 2.47 bits per heavy atom. The number of methoxy groups -OCH3 is 1. The van der Waals surface area contributed by atoms with Crippen LogP contribution in [0.5, 0.6) is 0 Å². The summed E-state index contributed by atoms with van der Waals surface area (Å²) in [5.41, 5.74) is 1.85. The highest BCUT2D eigenvalue weighted by molar-refractivity contribution is 9.10. The topological polar surface area (TPSA) is 35.5 Å². The van der Waals surface area contributed by atoms with Gasteiger partial charge in [0.25, 0.3) is 0 Å². The van der Waals surface area contributed by atoms with E-state index < -0.39 is 5.41 Å². The van der Waals surface area contributed by atoms with Gasteiger partial charge in [0.15, 0.2) is 0 Å². The van der Waals surface area contributed by atoms with E-state index in [-0.39, 0.29) is 11.4 Å². The lowest BCUT2D eigenvalue weighted by Crippen LogP contribution is -2.36. The molecule has 3 rings (SSSR count). The summed E-state index contributed by atoms with van der Waals surface area (Å²) in [4.78, 5) is 12.8. The minimum Gasteiger partial charge on any atom is -0.468 e. The minimum atomic E-state index is -0.640. The van der Waals surface area contributed by atoms with Crippen molar-refractivity contribution in [2.75, 3.05) is 13.7 Å². The second kappa shape index (κ2) is 10.6. The molecule has 1 aliphatic carbocycles. The number of benzene rings is 2. The summed E-state index contributed by atoms with van der Waals surface area (Å²) in [6.45, 7) is 3.45. The Bertz CT molecular complexity index is 814. The molecule has 30 heavy (non-hydrogen) atoms. The smallest absolute Gasteiger partial charge is 0.315 e. The van der Waals surface area contributed by atoms with Crippen molar-refractivity contribution in [2.24, 2.45) is 5.41 Å². The van der Waals surface area contributed by atoms with E-state index >= 15 is 0 Å². The van der Waals surface area contributed by atoms with E-state index in [2.05, 4.69) is 28.1 Å². The Balaban J connectivity index is 1.64. The number of hydrogen-bond acceptors (Lipinski definition) is 3. The Kier molecular flexibility index (Phi) is 8.13. The highest BCUT2D eigenvalue weighted by Crippen LogP contribution is 2.47. The molecule has 1 fully saturated rings. The van der Waals surface area contributed by atoms with Crippen LogP contribution in [-0.2, 0) is 26.3 Å². The van der Waals surface area contributed by atoms with Gasteiger partial charge < -0.3 is 9.47 Å². The number of carbonyl (C=O) groups is 1. The summed E-state index contributed by atoms with van der Waals surface area (Å²) >= 11 is 3.55. The molecular weight excluding hydrogens is 440 g/mol. The van der Waals surface area contributed by atoms with Crippen molar-refractivity contribution in [1.29, 1.82) is 0 Å². The van der Waals surface area contributed by atoms with Gasteiger partial charge >= 0.3 is 5.97 Å². The molecule has 4 heteroatoms. The van der Waals surface area contributed by atoms with E-state index in [1.807, 2.05) is 49.4 Å². The van der Waals surface area contributed by atoms with E-state index in [4.69, 9.17) is 9.47 Å². The van der Waals surface area contributed by atoms with E-state index in [1.54, 1.807) is 0 Å². The first kappa shape index (κ1) is 23.0. The van der Waals surface area contributed by atoms with Gasteiger partial charge in [0.1, 0.15) is 0 Å². The number of halogens is 1. The van der Waals surface area contributed by atoms with Gasteiger partial charge in [-0.2, -0.15) is 0 Å². The molecule has 0 aliphatic heterocycles. The normalized spacial score (nSPS) is 17.4. The summed E-state index contributed by atoms with van der Waals surface area (Å²) in [5.74, 6) is -0.158. The predicted molar refractivity (Wildman–Crippen MR) is 124 cm³/mol. The summed E-state index contributed by atoms with van der Waals surface area (Å²) < 4.78 is 12.2. The molecule has 2 aromatic carbocycles. The largest absolute Gasteiger partial charge is 0.468 e. The molecule has 0 spiro atoms. The lowest BCUT2D eigenvalue weighted by atomic mass is 9.71. The predicted octanol–water partition coefficient (Wildman–Crippen LogP) is 6.83. The van der Waals surface area contributed by atoms with Crippen molar-refractivity contribution >= 4 is 21.9 Å². The standard InChI is InChI=1S/C26H33BrO3/c1-25(24(28)29-2,22-11-8-12-23(27)19-22)15-16-26(13-6-7-14-26)17-18-30-20-21-9-4-3-5-10-21/h3-5,8-12,19H,6-7,13-18,20H2,1-2H3. The monoisotopic (exact) mass is 472 g/mol. The van der Waals surface area contributed by atoms with E-state index in [0.717, 1.165) is 35.9 Å². The van der Waals surface area contributed by atoms with Gasteiger partial charge in [-0.05, 0) is 67.7 Å². The second-order valence-electron chi connectivity index (χ2n) is 8.83. The zero-order valence-corrected chi connectivity index (χ0v) is 19.7. The molecular formula is C26H33BrO3. The fourth-order valence-corrected chi connectivity index (χ4v) is 5.14. The second-order valence-corrected chi connectivity index (χ2v) is 9.75. The molecule has 1 aliphatic rings. The average Bonchev–Trinajstić information content (AvgIpc) is 3.24. The number of esters is 1. The van der Waals surface area contributed by atoms with Crippen LogP contribution in [-0.4, -0.2) is 19.7 Å². The van der Waals surface area contributed by atoms with Crippen molar-refractivity contribution in [3.63, 3.8) is 0 Å². The van der Waals surface area contributed by atoms with Gasteiger partial charge in [-0.3, -0.25) is 4.79 Å². The van der Waals surface area contributed by atoms with Crippen molar-refractivity contribution in [2.45, 2.75) is 63.9 Å². The lowest BCUT2D eigenvalue weighted by molar-refractivity contribution is -0.147. The highest BCUT2D eigenvalue weighted by Gasteiger charge is 2.41. The number of rotatable bonds is 10. The first-order valence-electron chi connectivity index (χ1n) is 10.9. The molecule has 0 N–H and O–H groups in total.